The number of carbonyl (C=O) groups excluding carboxylic acids is 1. The molecule has 1 aliphatic rings. The van der Waals surface area contributed by atoms with Crippen LogP contribution in [-0.4, -0.2) is 49.4 Å². The molecule has 2 unspecified atom stereocenters. The third-order valence-electron chi connectivity index (χ3n) is 3.61. The topological polar surface area (TPSA) is 80.5 Å². The summed E-state index contributed by atoms with van der Waals surface area (Å²) in [7, 11) is -3.32. The molecule has 19 heavy (non-hydrogen) atoms. The predicted octanol–water partition coefficient (Wildman–Crippen LogP) is 0.817. The maximum atomic E-state index is 12.1. The van der Waals surface area contributed by atoms with Gasteiger partial charge in [0.1, 0.15) is 5.75 Å². The molecule has 0 aliphatic carbocycles. The molecule has 0 bridgehead atoms. The van der Waals surface area contributed by atoms with Crippen molar-refractivity contribution >= 4 is 28.2 Å². The fourth-order valence-corrected chi connectivity index (χ4v) is 3.07. The molecule has 1 fully saturated rings. The number of sulfone groups is 1. The summed E-state index contributed by atoms with van der Waals surface area (Å²) in [6, 6.07) is -0.0105. The van der Waals surface area contributed by atoms with Crippen LogP contribution in [0.1, 0.15) is 33.6 Å². The molecule has 1 amide bonds. The van der Waals surface area contributed by atoms with E-state index in [0.717, 1.165) is 12.8 Å². The van der Waals surface area contributed by atoms with Gasteiger partial charge in [0.05, 0.1) is 5.25 Å². The molecule has 2 N–H and O–H groups in total. The van der Waals surface area contributed by atoms with Crippen molar-refractivity contribution in [3.05, 3.63) is 0 Å². The maximum Gasteiger partial charge on any atom is 0.238 e. The van der Waals surface area contributed by atoms with E-state index in [1.54, 1.807) is 18.7 Å². The van der Waals surface area contributed by atoms with Crippen LogP contribution in [-0.2, 0) is 14.6 Å². The average Bonchev–Trinajstić information content (AvgIpc) is 2.27. The number of piperidine rings is 1. The van der Waals surface area contributed by atoms with Gasteiger partial charge >= 0.3 is 0 Å². The molecule has 0 aromatic heterocycles. The molecule has 1 rings (SSSR count). The largest absolute Gasteiger partial charge is 0.338 e. The van der Waals surface area contributed by atoms with E-state index in [1.807, 2.05) is 0 Å². The number of nitrogens with zero attached hydrogens (tertiary/aromatic N) is 1. The van der Waals surface area contributed by atoms with Gasteiger partial charge in [0, 0.05) is 19.1 Å². The van der Waals surface area contributed by atoms with Crippen molar-refractivity contribution in [3.63, 3.8) is 0 Å². The van der Waals surface area contributed by atoms with Crippen molar-refractivity contribution in [1.82, 2.24) is 4.90 Å². The molecule has 7 heteroatoms. The van der Waals surface area contributed by atoms with Gasteiger partial charge in [-0.3, -0.25) is 4.79 Å². The van der Waals surface area contributed by atoms with Crippen molar-refractivity contribution in [3.8, 4) is 0 Å². The standard InChI is InChI=1S/C12H24N2O3S.ClH/c1-9(2)18(16,17)8-12(15)14-5-4-10(3)6-11(14)7-13;/h9-11H,4-8,13H2,1-3H3;1H. The Balaban J connectivity index is 0.00000324. The van der Waals surface area contributed by atoms with E-state index in [1.165, 1.54) is 0 Å². The van der Waals surface area contributed by atoms with Gasteiger partial charge in [0.15, 0.2) is 9.84 Å². The molecule has 0 aromatic rings. The normalized spacial score (nSPS) is 24.2. The zero-order valence-electron chi connectivity index (χ0n) is 11.8. The summed E-state index contributed by atoms with van der Waals surface area (Å²) in [6.45, 7) is 6.35. The zero-order chi connectivity index (χ0) is 13.9. The summed E-state index contributed by atoms with van der Waals surface area (Å²) in [6.07, 6.45) is 1.79. The molecule has 5 nitrogen and oxygen atoms in total. The molecular weight excluding hydrogens is 288 g/mol. The summed E-state index contributed by atoms with van der Waals surface area (Å²) in [4.78, 5) is 13.7. The second-order valence-corrected chi connectivity index (χ2v) is 8.02. The number of rotatable bonds is 4. The van der Waals surface area contributed by atoms with Gasteiger partial charge in [-0.25, -0.2) is 8.42 Å². The van der Waals surface area contributed by atoms with Gasteiger partial charge < -0.3 is 10.6 Å². The Morgan fingerprint density at radius 3 is 2.47 bits per heavy atom. The van der Waals surface area contributed by atoms with Crippen LogP contribution < -0.4 is 5.73 Å². The first-order chi connectivity index (χ1) is 8.27. The van der Waals surface area contributed by atoms with Crippen molar-refractivity contribution in [2.45, 2.75) is 44.9 Å². The second kappa shape index (κ2) is 7.45. The van der Waals surface area contributed by atoms with E-state index in [4.69, 9.17) is 5.73 Å². The average molecular weight is 313 g/mol. The lowest BCUT2D eigenvalue weighted by Crippen LogP contribution is -2.51. The van der Waals surface area contributed by atoms with Gasteiger partial charge in [0.2, 0.25) is 5.91 Å². The first-order valence-electron chi connectivity index (χ1n) is 6.49. The second-order valence-electron chi connectivity index (χ2n) is 5.46. The lowest BCUT2D eigenvalue weighted by Gasteiger charge is -2.38. The van der Waals surface area contributed by atoms with Crippen LogP contribution in [0.25, 0.3) is 0 Å². The molecule has 1 aliphatic heterocycles. The van der Waals surface area contributed by atoms with E-state index in [0.29, 0.717) is 19.0 Å². The van der Waals surface area contributed by atoms with Crippen LogP contribution in [0.4, 0.5) is 0 Å². The van der Waals surface area contributed by atoms with Gasteiger partial charge in [-0.2, -0.15) is 0 Å². The number of nitrogens with two attached hydrogens (primary N) is 1. The molecule has 1 saturated heterocycles. The van der Waals surface area contributed by atoms with Crippen LogP contribution in [0.2, 0.25) is 0 Å². The van der Waals surface area contributed by atoms with Gasteiger partial charge in [-0.1, -0.05) is 6.92 Å². The van der Waals surface area contributed by atoms with E-state index < -0.39 is 20.8 Å². The van der Waals surface area contributed by atoms with Crippen molar-refractivity contribution in [1.29, 1.82) is 0 Å². The Bertz CT molecular complexity index is 398. The van der Waals surface area contributed by atoms with Crippen molar-refractivity contribution in [2.75, 3.05) is 18.8 Å². The smallest absolute Gasteiger partial charge is 0.238 e. The predicted molar refractivity (Wildman–Crippen MR) is 79.1 cm³/mol. The first-order valence-corrected chi connectivity index (χ1v) is 8.20. The lowest BCUT2D eigenvalue weighted by molar-refractivity contribution is -0.132. The van der Waals surface area contributed by atoms with Gasteiger partial charge in [-0.15, -0.1) is 12.4 Å². The third kappa shape index (κ3) is 4.93. The molecular formula is C12H25ClN2O3S. The Labute approximate surface area is 122 Å². The molecule has 0 saturated carbocycles. The number of hydrogen-bond donors (Lipinski definition) is 1. The van der Waals surface area contributed by atoms with Crippen LogP contribution in [0.3, 0.4) is 0 Å². The minimum atomic E-state index is -3.32. The number of amides is 1. The molecule has 2 atom stereocenters. The fraction of sp³-hybridized carbons (Fsp3) is 0.917. The number of hydrogen-bond acceptors (Lipinski definition) is 4. The Morgan fingerprint density at radius 1 is 1.42 bits per heavy atom. The SMILES string of the molecule is CC1CCN(C(=O)CS(=O)(=O)C(C)C)C(CN)C1.Cl. The zero-order valence-corrected chi connectivity index (χ0v) is 13.5. The highest BCUT2D eigenvalue weighted by atomic mass is 35.5. The Kier molecular flexibility index (Phi) is 7.32. The van der Waals surface area contributed by atoms with E-state index in [2.05, 4.69) is 6.92 Å². The Morgan fingerprint density at radius 2 is 2.00 bits per heavy atom. The summed E-state index contributed by atoms with van der Waals surface area (Å²) < 4.78 is 23.5. The number of likely N-dealkylation sites (tertiary alicyclic amines) is 1. The minimum Gasteiger partial charge on any atom is -0.338 e. The van der Waals surface area contributed by atoms with E-state index in [9.17, 15) is 13.2 Å². The summed E-state index contributed by atoms with van der Waals surface area (Å²) in [5.74, 6) is -0.148. The highest BCUT2D eigenvalue weighted by molar-refractivity contribution is 7.92. The van der Waals surface area contributed by atoms with Crippen LogP contribution >= 0.6 is 12.4 Å². The monoisotopic (exact) mass is 312 g/mol. The van der Waals surface area contributed by atoms with Crippen LogP contribution in [0, 0.1) is 5.92 Å². The molecule has 0 spiro atoms. The third-order valence-corrected chi connectivity index (χ3v) is 5.70. The minimum absolute atomic E-state index is 0. The quantitative estimate of drug-likeness (QED) is 0.833. The molecule has 0 aromatic carbocycles. The highest BCUT2D eigenvalue weighted by Gasteiger charge is 2.31. The van der Waals surface area contributed by atoms with Crippen LogP contribution in [0.5, 0.6) is 0 Å². The van der Waals surface area contributed by atoms with Crippen molar-refractivity contribution < 1.29 is 13.2 Å². The van der Waals surface area contributed by atoms with E-state index >= 15 is 0 Å². The van der Waals surface area contributed by atoms with Crippen LogP contribution in [0.15, 0.2) is 0 Å². The number of halogens is 1. The van der Waals surface area contributed by atoms with Gasteiger partial charge in [0.25, 0.3) is 0 Å². The maximum absolute atomic E-state index is 12.1. The highest BCUT2D eigenvalue weighted by Crippen LogP contribution is 2.22. The van der Waals surface area contributed by atoms with Gasteiger partial charge in [-0.05, 0) is 32.6 Å². The lowest BCUT2D eigenvalue weighted by atomic mass is 9.92. The summed E-state index contributed by atoms with van der Waals surface area (Å²) in [5.41, 5.74) is 5.67. The molecule has 114 valence electrons. The number of carbonyl (C=O) groups is 1. The molecule has 0 radical (unpaired) electrons. The fourth-order valence-electron chi connectivity index (χ4n) is 2.23. The summed E-state index contributed by atoms with van der Waals surface area (Å²) in [5, 5.41) is -0.513. The molecule has 1 heterocycles. The van der Waals surface area contributed by atoms with E-state index in [-0.39, 0.29) is 24.4 Å². The Hall–Kier alpha value is -0.330. The summed E-state index contributed by atoms with van der Waals surface area (Å²) >= 11 is 0. The van der Waals surface area contributed by atoms with Crippen molar-refractivity contribution in [2.24, 2.45) is 11.7 Å². The first kappa shape index (κ1) is 18.7.